The van der Waals surface area contributed by atoms with Crippen molar-refractivity contribution in [2.45, 2.75) is 0 Å². The van der Waals surface area contributed by atoms with Crippen LogP contribution in [0.4, 0.5) is 5.82 Å². The highest BCUT2D eigenvalue weighted by molar-refractivity contribution is 5.97. The van der Waals surface area contributed by atoms with E-state index in [1.54, 1.807) is 13.2 Å². The summed E-state index contributed by atoms with van der Waals surface area (Å²) in [6.45, 7) is 2.12. The molecule has 0 radical (unpaired) electrons. The van der Waals surface area contributed by atoms with Gasteiger partial charge in [-0.3, -0.25) is 0 Å². The molecule has 0 saturated carbocycles. The number of rotatable bonds is 8. The van der Waals surface area contributed by atoms with Crippen LogP contribution in [0.3, 0.4) is 0 Å². The smallest absolute Gasteiger partial charge is 0.354 e. The number of carboxylic acid groups (broad SMARTS) is 1. The largest absolute Gasteiger partial charge is 0.477 e. The van der Waals surface area contributed by atoms with Crippen LogP contribution in [0.5, 0.6) is 0 Å². The van der Waals surface area contributed by atoms with Crippen molar-refractivity contribution < 1.29 is 19.4 Å². The summed E-state index contributed by atoms with van der Waals surface area (Å²) >= 11 is 0. The molecular weight excluding hydrogens is 272 g/mol. The maximum absolute atomic E-state index is 11.1. The molecular formula is C15H18N2O4. The van der Waals surface area contributed by atoms with E-state index >= 15 is 0 Å². The number of hydrogen-bond acceptors (Lipinski definition) is 5. The maximum Gasteiger partial charge on any atom is 0.354 e. The minimum atomic E-state index is -1.04. The third-order valence-electron chi connectivity index (χ3n) is 2.93. The summed E-state index contributed by atoms with van der Waals surface area (Å²) in [7, 11) is 1.62. The molecule has 6 nitrogen and oxygen atoms in total. The Kier molecular flexibility index (Phi) is 5.48. The van der Waals surface area contributed by atoms with Crippen LogP contribution in [0.2, 0.25) is 0 Å². The number of benzene rings is 1. The van der Waals surface area contributed by atoms with Crippen molar-refractivity contribution in [1.82, 2.24) is 4.98 Å². The molecule has 112 valence electrons. The first-order chi connectivity index (χ1) is 10.2. The molecule has 0 amide bonds. The summed E-state index contributed by atoms with van der Waals surface area (Å²) in [5.74, 6) is -0.485. The first-order valence-corrected chi connectivity index (χ1v) is 6.66. The summed E-state index contributed by atoms with van der Waals surface area (Å²) in [5.41, 5.74) is 0.0245. The molecule has 0 aliphatic carbocycles. The predicted molar refractivity (Wildman–Crippen MR) is 79.9 cm³/mol. The SMILES string of the molecule is COCCOCCNc1nc(C(=O)O)cc2ccccc12. The van der Waals surface area contributed by atoms with E-state index in [4.69, 9.17) is 14.6 Å². The molecule has 0 aliphatic rings. The van der Waals surface area contributed by atoms with Gasteiger partial charge in [0, 0.05) is 19.0 Å². The molecule has 0 fully saturated rings. The second kappa shape index (κ2) is 7.56. The number of ether oxygens (including phenoxy) is 2. The highest BCUT2D eigenvalue weighted by Gasteiger charge is 2.10. The molecule has 0 aliphatic heterocycles. The number of anilines is 1. The van der Waals surface area contributed by atoms with Gasteiger partial charge in [0.1, 0.15) is 5.82 Å². The van der Waals surface area contributed by atoms with Gasteiger partial charge in [-0.25, -0.2) is 9.78 Å². The molecule has 6 heteroatoms. The fourth-order valence-electron chi connectivity index (χ4n) is 1.93. The third-order valence-corrected chi connectivity index (χ3v) is 2.93. The first-order valence-electron chi connectivity index (χ1n) is 6.66. The van der Waals surface area contributed by atoms with Gasteiger partial charge in [0.15, 0.2) is 5.69 Å². The van der Waals surface area contributed by atoms with Crippen LogP contribution >= 0.6 is 0 Å². The molecule has 1 aromatic carbocycles. The second-order valence-electron chi connectivity index (χ2n) is 4.41. The lowest BCUT2D eigenvalue weighted by Crippen LogP contribution is -2.14. The molecule has 21 heavy (non-hydrogen) atoms. The number of methoxy groups -OCH3 is 1. The zero-order valence-corrected chi connectivity index (χ0v) is 11.8. The Morgan fingerprint density at radius 1 is 1.29 bits per heavy atom. The fraction of sp³-hybridized carbons (Fsp3) is 0.333. The summed E-state index contributed by atoms with van der Waals surface area (Å²) in [6.07, 6.45) is 0. The highest BCUT2D eigenvalue weighted by atomic mass is 16.5. The van der Waals surface area contributed by atoms with E-state index in [2.05, 4.69) is 10.3 Å². The number of pyridine rings is 1. The number of fused-ring (bicyclic) bond motifs is 1. The van der Waals surface area contributed by atoms with E-state index in [0.29, 0.717) is 32.2 Å². The molecule has 1 aromatic heterocycles. The normalized spacial score (nSPS) is 10.7. The Morgan fingerprint density at radius 3 is 2.86 bits per heavy atom. The van der Waals surface area contributed by atoms with Crippen molar-refractivity contribution in [3.63, 3.8) is 0 Å². The zero-order chi connectivity index (χ0) is 15.1. The quantitative estimate of drug-likeness (QED) is 0.724. The number of nitrogens with zero attached hydrogens (tertiary/aromatic N) is 1. The standard InChI is InChI=1S/C15H18N2O4/c1-20-8-9-21-7-6-16-14-12-5-3-2-4-11(12)10-13(17-14)15(18)19/h2-5,10H,6-9H2,1H3,(H,16,17)(H,18,19). The lowest BCUT2D eigenvalue weighted by atomic mass is 10.1. The molecule has 0 atom stereocenters. The van der Waals surface area contributed by atoms with E-state index in [1.165, 1.54) is 0 Å². The van der Waals surface area contributed by atoms with E-state index in [-0.39, 0.29) is 5.69 Å². The van der Waals surface area contributed by atoms with Gasteiger partial charge in [0.2, 0.25) is 0 Å². The number of carbonyl (C=O) groups is 1. The second-order valence-corrected chi connectivity index (χ2v) is 4.41. The molecule has 0 saturated heterocycles. The number of carboxylic acids is 1. The average molecular weight is 290 g/mol. The zero-order valence-electron chi connectivity index (χ0n) is 11.8. The Bertz CT molecular complexity index is 616. The highest BCUT2D eigenvalue weighted by Crippen LogP contribution is 2.22. The van der Waals surface area contributed by atoms with Crippen LogP contribution in [0.15, 0.2) is 30.3 Å². The minimum absolute atomic E-state index is 0.0245. The third kappa shape index (κ3) is 4.14. The van der Waals surface area contributed by atoms with Crippen LogP contribution in [-0.2, 0) is 9.47 Å². The summed E-state index contributed by atoms with van der Waals surface area (Å²) in [4.78, 5) is 15.3. The van der Waals surface area contributed by atoms with Gasteiger partial charge < -0.3 is 19.9 Å². The molecule has 2 N–H and O–H groups in total. The van der Waals surface area contributed by atoms with Crippen molar-refractivity contribution in [2.75, 3.05) is 38.8 Å². The minimum Gasteiger partial charge on any atom is -0.477 e. The molecule has 1 heterocycles. The number of hydrogen-bond donors (Lipinski definition) is 2. The van der Waals surface area contributed by atoms with E-state index in [0.717, 1.165) is 10.8 Å². The van der Waals surface area contributed by atoms with Crippen LogP contribution in [0.25, 0.3) is 10.8 Å². The Labute approximate surface area is 122 Å². The molecule has 0 unspecified atom stereocenters. The van der Waals surface area contributed by atoms with E-state index in [9.17, 15) is 4.79 Å². The van der Waals surface area contributed by atoms with Crippen LogP contribution in [0, 0.1) is 0 Å². The number of aromatic nitrogens is 1. The monoisotopic (exact) mass is 290 g/mol. The Hall–Kier alpha value is -2.18. The predicted octanol–water partition coefficient (Wildman–Crippen LogP) is 2.01. The summed E-state index contributed by atoms with van der Waals surface area (Å²) in [5, 5.41) is 14.0. The van der Waals surface area contributed by atoms with Crippen molar-refractivity contribution in [1.29, 1.82) is 0 Å². The van der Waals surface area contributed by atoms with Gasteiger partial charge in [-0.1, -0.05) is 24.3 Å². The van der Waals surface area contributed by atoms with Crippen molar-refractivity contribution in [2.24, 2.45) is 0 Å². The van der Waals surface area contributed by atoms with Crippen molar-refractivity contribution >= 4 is 22.6 Å². The Morgan fingerprint density at radius 2 is 2.10 bits per heavy atom. The fourth-order valence-corrected chi connectivity index (χ4v) is 1.93. The lowest BCUT2D eigenvalue weighted by molar-refractivity contribution is 0.0691. The summed E-state index contributed by atoms with van der Waals surface area (Å²) in [6, 6.07) is 9.10. The lowest BCUT2D eigenvalue weighted by Gasteiger charge is -2.10. The van der Waals surface area contributed by atoms with Gasteiger partial charge >= 0.3 is 5.97 Å². The van der Waals surface area contributed by atoms with Crippen molar-refractivity contribution in [3.05, 3.63) is 36.0 Å². The molecule has 2 rings (SSSR count). The maximum atomic E-state index is 11.1. The molecule has 0 spiro atoms. The topological polar surface area (TPSA) is 80.7 Å². The average Bonchev–Trinajstić information content (AvgIpc) is 2.50. The van der Waals surface area contributed by atoms with Gasteiger partial charge in [-0.15, -0.1) is 0 Å². The van der Waals surface area contributed by atoms with Crippen molar-refractivity contribution in [3.8, 4) is 0 Å². The van der Waals surface area contributed by atoms with Gasteiger partial charge in [-0.2, -0.15) is 0 Å². The van der Waals surface area contributed by atoms with Gasteiger partial charge in [0.05, 0.1) is 19.8 Å². The number of aromatic carboxylic acids is 1. The van der Waals surface area contributed by atoms with Crippen LogP contribution < -0.4 is 5.32 Å². The Balaban J connectivity index is 2.08. The van der Waals surface area contributed by atoms with Gasteiger partial charge in [-0.05, 0) is 11.5 Å². The first kappa shape index (κ1) is 15.2. The van der Waals surface area contributed by atoms with Gasteiger partial charge in [0.25, 0.3) is 0 Å². The van der Waals surface area contributed by atoms with Crippen LogP contribution in [0.1, 0.15) is 10.5 Å². The van der Waals surface area contributed by atoms with E-state index < -0.39 is 5.97 Å². The summed E-state index contributed by atoms with van der Waals surface area (Å²) < 4.78 is 10.2. The number of nitrogens with one attached hydrogen (secondary N) is 1. The molecule has 0 bridgehead atoms. The molecule has 2 aromatic rings. The van der Waals surface area contributed by atoms with Crippen LogP contribution in [-0.4, -0.2) is 49.5 Å². The van der Waals surface area contributed by atoms with E-state index in [1.807, 2.05) is 24.3 Å².